The second-order valence-electron chi connectivity index (χ2n) is 5.43. The number of carbonyl (C=O) groups excluding carboxylic acids is 1. The van der Waals surface area contributed by atoms with Crippen LogP contribution in [0.2, 0.25) is 0 Å². The molecule has 0 unspecified atom stereocenters. The minimum Gasteiger partial charge on any atom is -0.346 e. The molecule has 0 radical (unpaired) electrons. The van der Waals surface area contributed by atoms with E-state index < -0.39 is 17.3 Å². The number of amides is 1. The summed E-state index contributed by atoms with van der Waals surface area (Å²) in [4.78, 5) is 27.8. The second kappa shape index (κ2) is 7.45. The fraction of sp³-hybridized carbons (Fsp3) is 0.375. The molecule has 0 atom stereocenters. The summed E-state index contributed by atoms with van der Waals surface area (Å²) in [6.07, 6.45) is -4.17. The van der Waals surface area contributed by atoms with Gasteiger partial charge in [-0.2, -0.15) is 13.2 Å². The summed E-state index contributed by atoms with van der Waals surface area (Å²) in [5, 5.41) is 7.63. The van der Waals surface area contributed by atoms with Gasteiger partial charge in [0.1, 0.15) is 5.69 Å². The van der Waals surface area contributed by atoms with Gasteiger partial charge in [0.2, 0.25) is 5.91 Å². The Labute approximate surface area is 141 Å². The van der Waals surface area contributed by atoms with Crippen LogP contribution in [-0.4, -0.2) is 39.6 Å². The number of rotatable bonds is 5. The zero-order chi connectivity index (χ0) is 18.6. The molecule has 0 fully saturated rings. The maximum Gasteiger partial charge on any atom is 0.416 e. The number of hydrogen-bond acceptors (Lipinski definition) is 4. The van der Waals surface area contributed by atoms with Crippen molar-refractivity contribution in [1.82, 2.24) is 20.1 Å². The van der Waals surface area contributed by atoms with Gasteiger partial charge in [0, 0.05) is 32.0 Å². The maximum atomic E-state index is 12.6. The van der Waals surface area contributed by atoms with Gasteiger partial charge in [0.25, 0.3) is 5.56 Å². The van der Waals surface area contributed by atoms with Crippen LogP contribution >= 0.6 is 0 Å². The lowest BCUT2D eigenvalue weighted by atomic mass is 10.1. The minimum absolute atomic E-state index is 0.0690. The van der Waals surface area contributed by atoms with Gasteiger partial charge in [0.15, 0.2) is 5.82 Å². The topological polar surface area (TPSA) is 79.0 Å². The molecule has 0 aliphatic heterocycles. The highest BCUT2D eigenvalue weighted by molar-refractivity contribution is 5.76. The molecule has 9 heteroatoms. The first-order chi connectivity index (χ1) is 11.7. The van der Waals surface area contributed by atoms with Crippen molar-refractivity contribution in [2.45, 2.75) is 25.9 Å². The summed E-state index contributed by atoms with van der Waals surface area (Å²) in [6, 6.07) is 4.23. The Morgan fingerprint density at radius 2 is 1.84 bits per heavy atom. The molecule has 0 bridgehead atoms. The van der Waals surface area contributed by atoms with E-state index >= 15 is 0 Å². The predicted octanol–water partition coefficient (Wildman–Crippen LogP) is 2.26. The molecule has 25 heavy (non-hydrogen) atoms. The normalized spacial score (nSPS) is 11.4. The van der Waals surface area contributed by atoms with Gasteiger partial charge in [-0.15, -0.1) is 10.2 Å². The van der Waals surface area contributed by atoms with Crippen LogP contribution < -0.4 is 5.56 Å². The quantitative estimate of drug-likeness (QED) is 0.893. The van der Waals surface area contributed by atoms with Gasteiger partial charge < -0.3 is 9.88 Å². The van der Waals surface area contributed by atoms with E-state index in [1.54, 1.807) is 7.05 Å². The Balaban J connectivity index is 2.14. The van der Waals surface area contributed by atoms with E-state index in [2.05, 4.69) is 15.2 Å². The van der Waals surface area contributed by atoms with Crippen molar-refractivity contribution in [2.75, 3.05) is 13.6 Å². The first-order valence-electron chi connectivity index (χ1n) is 7.60. The fourth-order valence-corrected chi connectivity index (χ4v) is 2.06. The lowest BCUT2D eigenvalue weighted by Gasteiger charge is -2.13. The van der Waals surface area contributed by atoms with Crippen LogP contribution in [-0.2, 0) is 17.4 Å². The summed E-state index contributed by atoms with van der Waals surface area (Å²) in [5.74, 6) is -0.0463. The molecule has 1 aromatic carbocycles. The number of nitrogens with zero attached hydrogens (tertiary/aromatic N) is 3. The van der Waals surface area contributed by atoms with Crippen LogP contribution in [0.5, 0.6) is 0 Å². The van der Waals surface area contributed by atoms with Gasteiger partial charge in [0.05, 0.1) is 5.56 Å². The molecule has 6 nitrogen and oxygen atoms in total. The minimum atomic E-state index is -4.43. The lowest BCUT2D eigenvalue weighted by Crippen LogP contribution is -2.27. The van der Waals surface area contributed by atoms with Gasteiger partial charge in [-0.1, -0.05) is 12.1 Å². The Morgan fingerprint density at radius 1 is 1.20 bits per heavy atom. The molecule has 0 saturated heterocycles. The number of aromatic amines is 1. The van der Waals surface area contributed by atoms with Crippen molar-refractivity contribution in [3.05, 3.63) is 45.9 Å². The monoisotopic (exact) mass is 354 g/mol. The average molecular weight is 354 g/mol. The number of hydrogen-bond donors (Lipinski definition) is 1. The van der Waals surface area contributed by atoms with Crippen LogP contribution in [0.3, 0.4) is 0 Å². The zero-order valence-corrected chi connectivity index (χ0v) is 13.7. The first-order valence-corrected chi connectivity index (χ1v) is 7.60. The number of aryl methyl sites for hydroxylation is 1. The number of H-pyrrole nitrogens is 1. The smallest absolute Gasteiger partial charge is 0.346 e. The Morgan fingerprint density at radius 3 is 2.36 bits per heavy atom. The first kappa shape index (κ1) is 18.6. The zero-order valence-electron chi connectivity index (χ0n) is 13.7. The van der Waals surface area contributed by atoms with Crippen molar-refractivity contribution in [2.24, 2.45) is 0 Å². The third-order valence-electron chi connectivity index (χ3n) is 3.73. The van der Waals surface area contributed by atoms with Crippen LogP contribution in [0.1, 0.15) is 24.6 Å². The maximum absolute atomic E-state index is 12.6. The molecule has 2 aromatic rings. The highest BCUT2D eigenvalue weighted by Gasteiger charge is 2.30. The van der Waals surface area contributed by atoms with Crippen molar-refractivity contribution < 1.29 is 18.0 Å². The van der Waals surface area contributed by atoms with E-state index in [0.717, 1.165) is 12.1 Å². The van der Waals surface area contributed by atoms with Crippen molar-refractivity contribution >= 4 is 5.91 Å². The van der Waals surface area contributed by atoms with E-state index in [0.29, 0.717) is 12.1 Å². The molecule has 0 aliphatic rings. The Hall–Kier alpha value is -2.71. The highest BCUT2D eigenvalue weighted by Crippen LogP contribution is 2.30. The molecule has 0 saturated carbocycles. The Kier molecular flexibility index (Phi) is 5.55. The third kappa shape index (κ3) is 4.65. The number of carbonyl (C=O) groups is 1. The largest absolute Gasteiger partial charge is 0.416 e. The van der Waals surface area contributed by atoms with Gasteiger partial charge in [-0.25, -0.2) is 0 Å². The van der Waals surface area contributed by atoms with Crippen LogP contribution in [0.4, 0.5) is 13.2 Å². The van der Waals surface area contributed by atoms with Crippen molar-refractivity contribution in [1.29, 1.82) is 0 Å². The van der Waals surface area contributed by atoms with E-state index in [1.165, 1.54) is 17.0 Å². The summed E-state index contributed by atoms with van der Waals surface area (Å²) in [5.41, 5.74) is -0.891. The van der Waals surface area contributed by atoms with E-state index in [4.69, 9.17) is 0 Å². The van der Waals surface area contributed by atoms with Gasteiger partial charge in [-0.3, -0.25) is 9.59 Å². The number of alkyl halides is 3. The van der Waals surface area contributed by atoms with Crippen LogP contribution in [0.25, 0.3) is 11.4 Å². The van der Waals surface area contributed by atoms with Gasteiger partial charge >= 0.3 is 6.18 Å². The van der Waals surface area contributed by atoms with E-state index in [9.17, 15) is 22.8 Å². The molecule has 1 amide bonds. The predicted molar refractivity (Wildman–Crippen MR) is 84.7 cm³/mol. The summed E-state index contributed by atoms with van der Waals surface area (Å²) < 4.78 is 37.7. The number of nitrogens with one attached hydrogen (secondary N) is 1. The average Bonchev–Trinajstić information content (AvgIpc) is 2.59. The Bertz CT molecular complexity index is 800. The molecule has 1 aromatic heterocycles. The molecule has 2 rings (SSSR count). The fourth-order valence-electron chi connectivity index (χ4n) is 2.06. The van der Waals surface area contributed by atoms with Crippen molar-refractivity contribution in [3.63, 3.8) is 0 Å². The SMILES string of the molecule is CCN(C)C(=O)CCc1nnc(-c2ccc(C(F)(F)F)cc2)[nH]c1=O. The molecule has 1 heterocycles. The molecular weight excluding hydrogens is 337 g/mol. The standard InChI is InChI=1S/C16H17F3N4O2/c1-3-23(2)13(24)9-8-12-15(25)20-14(22-21-12)10-4-6-11(7-5-10)16(17,18)19/h4-7H,3,8-9H2,1-2H3,(H,20,22,25). The van der Waals surface area contributed by atoms with E-state index in [-0.39, 0.29) is 30.3 Å². The molecular formula is C16H17F3N4O2. The van der Waals surface area contributed by atoms with Crippen molar-refractivity contribution in [3.8, 4) is 11.4 Å². The molecule has 0 aliphatic carbocycles. The molecule has 1 N–H and O–H groups in total. The van der Waals surface area contributed by atoms with Crippen LogP contribution in [0, 0.1) is 0 Å². The molecule has 0 spiro atoms. The summed E-state index contributed by atoms with van der Waals surface area (Å²) in [7, 11) is 1.66. The highest BCUT2D eigenvalue weighted by atomic mass is 19.4. The lowest BCUT2D eigenvalue weighted by molar-refractivity contribution is -0.137. The second-order valence-corrected chi connectivity index (χ2v) is 5.43. The molecule has 134 valence electrons. The third-order valence-corrected chi connectivity index (χ3v) is 3.73. The number of halogens is 3. The van der Waals surface area contributed by atoms with Crippen LogP contribution in [0.15, 0.2) is 29.1 Å². The van der Waals surface area contributed by atoms with Gasteiger partial charge in [-0.05, 0) is 19.1 Å². The van der Waals surface area contributed by atoms with E-state index in [1.807, 2.05) is 6.92 Å². The number of aromatic nitrogens is 3. The number of benzene rings is 1. The summed E-state index contributed by atoms with van der Waals surface area (Å²) >= 11 is 0. The summed E-state index contributed by atoms with van der Waals surface area (Å²) in [6.45, 7) is 2.40.